The SMILES string of the molecule is CC[C@@]1(O)C(=O)OCc2c1c(OCOC(C)=O)c1n(c2=O)Cc2cc3ccccc3nc2-1. The van der Waals surface area contributed by atoms with E-state index in [9.17, 15) is 19.5 Å². The summed E-state index contributed by atoms with van der Waals surface area (Å²) in [5, 5.41) is 12.2. The van der Waals surface area contributed by atoms with Gasteiger partial charge in [0.2, 0.25) is 6.79 Å². The molecule has 9 nitrogen and oxygen atoms in total. The Balaban J connectivity index is 1.82. The third-order valence-corrected chi connectivity index (χ3v) is 5.95. The van der Waals surface area contributed by atoms with Crippen molar-refractivity contribution in [3.8, 4) is 17.1 Å². The molecule has 0 fully saturated rings. The van der Waals surface area contributed by atoms with Gasteiger partial charge in [0.05, 0.1) is 28.9 Å². The molecule has 1 aromatic carbocycles. The maximum absolute atomic E-state index is 13.4. The number of fused-ring (bicyclic) bond motifs is 5. The van der Waals surface area contributed by atoms with Crippen molar-refractivity contribution in [3.63, 3.8) is 0 Å². The molecule has 0 radical (unpaired) electrons. The highest BCUT2D eigenvalue weighted by Crippen LogP contribution is 2.46. The van der Waals surface area contributed by atoms with Crippen LogP contribution in [0.4, 0.5) is 0 Å². The lowest BCUT2D eigenvalue weighted by Crippen LogP contribution is -2.45. The van der Waals surface area contributed by atoms with Gasteiger partial charge < -0.3 is 19.3 Å². The van der Waals surface area contributed by atoms with Gasteiger partial charge in [-0.05, 0) is 18.6 Å². The number of carbonyl (C=O) groups excluding carboxylic acids is 2. The number of carbonyl (C=O) groups is 2. The third-order valence-electron chi connectivity index (χ3n) is 5.95. The first kappa shape index (κ1) is 20.2. The molecular formula is C23H20N2O7. The molecule has 1 N–H and O–H groups in total. The summed E-state index contributed by atoms with van der Waals surface area (Å²) in [5.41, 5.74) is 0.0791. The molecule has 0 unspecified atom stereocenters. The Morgan fingerprint density at radius 3 is 2.84 bits per heavy atom. The minimum Gasteiger partial charge on any atom is -0.458 e. The molecule has 3 aromatic rings. The van der Waals surface area contributed by atoms with Crippen LogP contribution in [-0.4, -0.2) is 33.4 Å². The molecule has 0 saturated carbocycles. The van der Waals surface area contributed by atoms with Gasteiger partial charge in [-0.1, -0.05) is 25.1 Å². The molecule has 2 aliphatic heterocycles. The fourth-order valence-corrected chi connectivity index (χ4v) is 4.35. The smallest absolute Gasteiger partial charge is 0.343 e. The summed E-state index contributed by atoms with van der Waals surface area (Å²) in [6, 6.07) is 9.50. The maximum atomic E-state index is 13.4. The van der Waals surface area contributed by atoms with Gasteiger partial charge in [-0.2, -0.15) is 0 Å². The maximum Gasteiger partial charge on any atom is 0.343 e. The Kier molecular flexibility index (Phi) is 4.52. The lowest BCUT2D eigenvalue weighted by molar-refractivity contribution is -0.172. The largest absolute Gasteiger partial charge is 0.458 e. The van der Waals surface area contributed by atoms with E-state index < -0.39 is 29.9 Å². The molecule has 2 aromatic heterocycles. The zero-order chi connectivity index (χ0) is 22.6. The van der Waals surface area contributed by atoms with Crippen LogP contribution < -0.4 is 10.3 Å². The molecular weight excluding hydrogens is 416 g/mol. The average molecular weight is 436 g/mol. The Hall–Kier alpha value is -3.72. The van der Waals surface area contributed by atoms with Gasteiger partial charge in [0.15, 0.2) is 11.4 Å². The summed E-state index contributed by atoms with van der Waals surface area (Å²) in [6.07, 6.45) is -0.0380. The number of benzene rings is 1. The van der Waals surface area contributed by atoms with E-state index in [1.807, 2.05) is 30.3 Å². The predicted octanol–water partition coefficient (Wildman–Crippen LogP) is 1.98. The third kappa shape index (κ3) is 2.81. The first-order valence-electron chi connectivity index (χ1n) is 10.2. The highest BCUT2D eigenvalue weighted by Gasteiger charge is 2.49. The molecule has 164 valence electrons. The molecule has 2 aliphatic rings. The zero-order valence-electron chi connectivity index (χ0n) is 17.5. The first-order chi connectivity index (χ1) is 15.3. The van der Waals surface area contributed by atoms with E-state index in [4.69, 9.17) is 19.2 Å². The number of esters is 2. The van der Waals surface area contributed by atoms with Crippen molar-refractivity contribution in [1.82, 2.24) is 9.55 Å². The van der Waals surface area contributed by atoms with Crippen molar-refractivity contribution in [2.45, 2.75) is 39.0 Å². The molecule has 4 heterocycles. The van der Waals surface area contributed by atoms with Crippen LogP contribution in [0.15, 0.2) is 35.1 Å². The number of ether oxygens (including phenoxy) is 3. The summed E-state index contributed by atoms with van der Waals surface area (Å²) in [7, 11) is 0. The summed E-state index contributed by atoms with van der Waals surface area (Å²) in [6.45, 7) is 2.35. The molecule has 0 saturated heterocycles. The van der Waals surface area contributed by atoms with Crippen molar-refractivity contribution >= 4 is 22.8 Å². The second kappa shape index (κ2) is 7.16. The normalized spacial score (nSPS) is 18.5. The number of hydrogen-bond acceptors (Lipinski definition) is 8. The van der Waals surface area contributed by atoms with Crippen LogP contribution >= 0.6 is 0 Å². The van der Waals surface area contributed by atoms with Crippen molar-refractivity contribution < 1.29 is 28.9 Å². The van der Waals surface area contributed by atoms with Crippen LogP contribution in [0.3, 0.4) is 0 Å². The van der Waals surface area contributed by atoms with Gasteiger partial charge >= 0.3 is 11.9 Å². The van der Waals surface area contributed by atoms with Crippen LogP contribution in [-0.2, 0) is 37.8 Å². The fraction of sp³-hybridized carbons (Fsp3) is 0.304. The molecule has 0 amide bonds. The van der Waals surface area contributed by atoms with Crippen LogP contribution in [0.1, 0.15) is 37.0 Å². The second-order valence-electron chi connectivity index (χ2n) is 7.80. The highest BCUT2D eigenvalue weighted by molar-refractivity contribution is 5.89. The number of para-hydroxylation sites is 1. The molecule has 5 rings (SSSR count). The number of nitrogens with zero attached hydrogens (tertiary/aromatic N) is 2. The molecule has 0 bridgehead atoms. The lowest BCUT2D eigenvalue weighted by atomic mass is 9.85. The number of hydrogen-bond donors (Lipinski definition) is 1. The van der Waals surface area contributed by atoms with Crippen LogP contribution in [0, 0.1) is 0 Å². The van der Waals surface area contributed by atoms with E-state index in [1.54, 1.807) is 6.92 Å². The Labute approximate surface area is 182 Å². The summed E-state index contributed by atoms with van der Waals surface area (Å²) >= 11 is 0. The lowest BCUT2D eigenvalue weighted by Gasteiger charge is -2.33. The molecule has 0 spiro atoms. The summed E-state index contributed by atoms with van der Waals surface area (Å²) in [4.78, 5) is 42.0. The second-order valence-corrected chi connectivity index (χ2v) is 7.80. The topological polar surface area (TPSA) is 117 Å². The minimum atomic E-state index is -2.08. The van der Waals surface area contributed by atoms with Crippen LogP contribution in [0.2, 0.25) is 0 Å². The van der Waals surface area contributed by atoms with Gasteiger partial charge in [0, 0.05) is 17.9 Å². The van der Waals surface area contributed by atoms with E-state index >= 15 is 0 Å². The van der Waals surface area contributed by atoms with E-state index in [-0.39, 0.29) is 36.4 Å². The van der Waals surface area contributed by atoms with Gasteiger partial charge in [-0.3, -0.25) is 14.2 Å². The van der Waals surface area contributed by atoms with Gasteiger partial charge in [-0.25, -0.2) is 9.78 Å². The molecule has 9 heteroatoms. The molecule has 32 heavy (non-hydrogen) atoms. The predicted molar refractivity (Wildman–Crippen MR) is 112 cm³/mol. The zero-order valence-corrected chi connectivity index (χ0v) is 17.5. The van der Waals surface area contributed by atoms with E-state index in [1.165, 1.54) is 11.5 Å². The molecule has 1 atom stereocenters. The van der Waals surface area contributed by atoms with E-state index in [2.05, 4.69) is 0 Å². The average Bonchev–Trinajstić information content (AvgIpc) is 3.15. The minimum absolute atomic E-state index is 0.0380. The Morgan fingerprint density at radius 2 is 2.09 bits per heavy atom. The first-order valence-corrected chi connectivity index (χ1v) is 10.2. The summed E-state index contributed by atoms with van der Waals surface area (Å²) < 4.78 is 17.4. The monoisotopic (exact) mass is 436 g/mol. The highest BCUT2D eigenvalue weighted by atomic mass is 16.7. The standard InChI is InChI=1S/C23H20N2O7/c1-3-23(29)17-15(10-30-22(23)28)21(27)25-9-14-8-13-6-4-5-7-16(13)24-18(14)19(25)20(17)32-11-31-12(2)26/h4-8,29H,3,9-11H2,1-2H3/t23-/m0/s1. The van der Waals surface area contributed by atoms with Gasteiger partial charge in [0.1, 0.15) is 12.3 Å². The van der Waals surface area contributed by atoms with Crippen molar-refractivity contribution in [2.75, 3.05) is 6.79 Å². The number of aromatic nitrogens is 2. The quantitative estimate of drug-likeness (QED) is 0.381. The van der Waals surface area contributed by atoms with E-state index in [0.717, 1.165) is 16.5 Å². The number of aliphatic hydroxyl groups is 1. The fourth-order valence-electron chi connectivity index (χ4n) is 4.35. The van der Waals surface area contributed by atoms with Crippen LogP contribution in [0.5, 0.6) is 5.75 Å². The van der Waals surface area contributed by atoms with Crippen molar-refractivity contribution in [2.24, 2.45) is 0 Å². The number of pyridine rings is 2. The Bertz CT molecular complexity index is 1360. The number of cyclic esters (lactones) is 1. The van der Waals surface area contributed by atoms with Gasteiger partial charge in [-0.15, -0.1) is 0 Å². The summed E-state index contributed by atoms with van der Waals surface area (Å²) in [5.74, 6) is -1.33. The Morgan fingerprint density at radius 1 is 1.31 bits per heavy atom. The molecule has 0 aliphatic carbocycles. The van der Waals surface area contributed by atoms with E-state index in [0.29, 0.717) is 11.4 Å². The van der Waals surface area contributed by atoms with Gasteiger partial charge in [0.25, 0.3) is 5.56 Å². The van der Waals surface area contributed by atoms with Crippen LogP contribution in [0.25, 0.3) is 22.3 Å². The van der Waals surface area contributed by atoms with Crippen molar-refractivity contribution in [1.29, 1.82) is 0 Å². The number of rotatable bonds is 4. The van der Waals surface area contributed by atoms with Crippen molar-refractivity contribution in [3.05, 3.63) is 57.4 Å².